The number of benzene rings is 1. The lowest BCUT2D eigenvalue weighted by Crippen LogP contribution is -2.31. The fourth-order valence-corrected chi connectivity index (χ4v) is 3.71. The van der Waals surface area contributed by atoms with Gasteiger partial charge in [-0.25, -0.2) is 9.50 Å². The number of hydrogen-bond acceptors (Lipinski definition) is 7. The van der Waals surface area contributed by atoms with Gasteiger partial charge in [0.05, 0.1) is 25.2 Å². The summed E-state index contributed by atoms with van der Waals surface area (Å²) >= 11 is 0. The first-order chi connectivity index (χ1) is 15.8. The molecule has 9 heteroatoms. The predicted octanol–water partition coefficient (Wildman–Crippen LogP) is 3.27. The molecule has 1 N–H and O–H groups in total. The average molecular weight is 454 g/mol. The Labute approximate surface area is 193 Å². The van der Waals surface area contributed by atoms with Crippen molar-refractivity contribution in [2.75, 3.05) is 6.61 Å². The van der Waals surface area contributed by atoms with E-state index < -0.39 is 6.04 Å². The van der Waals surface area contributed by atoms with Crippen molar-refractivity contribution in [3.05, 3.63) is 53.1 Å². The van der Waals surface area contributed by atoms with Crippen LogP contribution in [0.15, 0.2) is 30.6 Å². The SMILES string of the molecule is CCOC(=O)C[C@@H](NC(=O)CCc1c(C)nc2ncnn2c1C)c1ccc(OC(C)C)cc1. The number of ether oxygens (including phenoxy) is 2. The standard InChI is InChI=1S/C24H31N5O4/c1-6-32-23(31)13-21(18-7-9-19(10-8-18)33-15(2)3)28-22(30)12-11-20-16(4)27-24-25-14-26-29(24)17(20)5/h7-10,14-15,21H,6,11-13H2,1-5H3,(H,28,30)/t21-/m1/s1. The van der Waals surface area contributed by atoms with Crippen molar-refractivity contribution < 1.29 is 19.1 Å². The van der Waals surface area contributed by atoms with E-state index in [9.17, 15) is 9.59 Å². The van der Waals surface area contributed by atoms with Crippen LogP contribution in [-0.2, 0) is 20.7 Å². The van der Waals surface area contributed by atoms with Gasteiger partial charge in [0.1, 0.15) is 12.1 Å². The van der Waals surface area contributed by atoms with Gasteiger partial charge < -0.3 is 14.8 Å². The van der Waals surface area contributed by atoms with Crippen LogP contribution in [-0.4, -0.2) is 44.2 Å². The summed E-state index contributed by atoms with van der Waals surface area (Å²) in [6.07, 6.45) is 2.32. The maximum atomic E-state index is 12.8. The number of nitrogens with one attached hydrogen (secondary N) is 1. The Kier molecular flexibility index (Phi) is 7.97. The van der Waals surface area contributed by atoms with Crippen molar-refractivity contribution in [1.82, 2.24) is 24.9 Å². The summed E-state index contributed by atoms with van der Waals surface area (Å²) in [4.78, 5) is 33.6. The van der Waals surface area contributed by atoms with Gasteiger partial charge in [0.25, 0.3) is 5.78 Å². The van der Waals surface area contributed by atoms with Gasteiger partial charge in [-0.15, -0.1) is 0 Å². The molecule has 3 rings (SSSR count). The number of carbonyl (C=O) groups excluding carboxylic acids is 2. The van der Waals surface area contributed by atoms with Gasteiger partial charge in [-0.1, -0.05) is 12.1 Å². The third kappa shape index (κ3) is 6.27. The number of carbonyl (C=O) groups is 2. The molecule has 0 aliphatic heterocycles. The second kappa shape index (κ2) is 10.9. The fourth-order valence-electron chi connectivity index (χ4n) is 3.71. The molecule has 3 aromatic rings. The van der Waals surface area contributed by atoms with E-state index in [-0.39, 0.29) is 37.4 Å². The third-order valence-electron chi connectivity index (χ3n) is 5.26. The number of nitrogens with zero attached hydrogens (tertiary/aromatic N) is 4. The van der Waals surface area contributed by atoms with Gasteiger partial charge >= 0.3 is 5.97 Å². The zero-order chi connectivity index (χ0) is 24.0. The molecule has 0 radical (unpaired) electrons. The van der Waals surface area contributed by atoms with E-state index in [1.54, 1.807) is 11.4 Å². The quantitative estimate of drug-likeness (QED) is 0.469. The molecule has 0 saturated carbocycles. The largest absolute Gasteiger partial charge is 0.491 e. The fraction of sp³-hybridized carbons (Fsp3) is 0.458. The molecular weight excluding hydrogens is 422 g/mol. The van der Waals surface area contributed by atoms with Gasteiger partial charge in [-0.05, 0) is 64.3 Å². The molecule has 33 heavy (non-hydrogen) atoms. The molecule has 0 bridgehead atoms. The lowest BCUT2D eigenvalue weighted by Gasteiger charge is -2.20. The number of esters is 1. The van der Waals surface area contributed by atoms with Gasteiger partial charge in [0.2, 0.25) is 5.91 Å². The average Bonchev–Trinajstić information content (AvgIpc) is 3.22. The number of rotatable bonds is 10. The van der Waals surface area contributed by atoms with E-state index >= 15 is 0 Å². The molecule has 0 spiro atoms. The van der Waals surface area contributed by atoms with E-state index in [1.165, 1.54) is 6.33 Å². The molecule has 2 heterocycles. The van der Waals surface area contributed by atoms with Crippen molar-refractivity contribution in [2.45, 2.75) is 66.0 Å². The minimum atomic E-state index is -0.497. The first-order valence-electron chi connectivity index (χ1n) is 11.2. The Morgan fingerprint density at radius 2 is 1.88 bits per heavy atom. The molecule has 1 aromatic carbocycles. The predicted molar refractivity (Wildman–Crippen MR) is 123 cm³/mol. The monoisotopic (exact) mass is 453 g/mol. The van der Waals surface area contributed by atoms with E-state index in [0.29, 0.717) is 12.2 Å². The summed E-state index contributed by atoms with van der Waals surface area (Å²) < 4.78 is 12.5. The summed E-state index contributed by atoms with van der Waals surface area (Å²) in [5.41, 5.74) is 3.50. The molecule has 0 saturated heterocycles. The Morgan fingerprint density at radius 3 is 2.55 bits per heavy atom. The van der Waals surface area contributed by atoms with Crippen molar-refractivity contribution in [1.29, 1.82) is 0 Å². The molecule has 9 nitrogen and oxygen atoms in total. The number of aromatic nitrogens is 4. The zero-order valence-corrected chi connectivity index (χ0v) is 19.8. The third-order valence-corrected chi connectivity index (χ3v) is 5.26. The molecular formula is C24H31N5O4. The highest BCUT2D eigenvalue weighted by atomic mass is 16.5. The summed E-state index contributed by atoms with van der Waals surface area (Å²) in [6, 6.07) is 6.90. The van der Waals surface area contributed by atoms with Gasteiger partial charge in [-0.2, -0.15) is 10.1 Å². The summed E-state index contributed by atoms with van der Waals surface area (Å²) in [7, 11) is 0. The maximum Gasteiger partial charge on any atom is 0.308 e. The molecule has 0 fully saturated rings. The number of aryl methyl sites for hydroxylation is 2. The highest BCUT2D eigenvalue weighted by Crippen LogP contribution is 2.22. The van der Waals surface area contributed by atoms with Crippen LogP contribution >= 0.6 is 0 Å². The molecule has 176 valence electrons. The molecule has 0 aliphatic rings. The van der Waals surface area contributed by atoms with Crippen LogP contribution in [0.25, 0.3) is 5.78 Å². The van der Waals surface area contributed by atoms with E-state index in [1.807, 2.05) is 52.0 Å². The van der Waals surface area contributed by atoms with E-state index in [4.69, 9.17) is 9.47 Å². The van der Waals surface area contributed by atoms with E-state index in [0.717, 1.165) is 28.3 Å². The van der Waals surface area contributed by atoms with Crippen molar-refractivity contribution >= 4 is 17.7 Å². The first kappa shape index (κ1) is 24.2. The Hall–Kier alpha value is -3.49. The van der Waals surface area contributed by atoms with Crippen molar-refractivity contribution in [3.63, 3.8) is 0 Å². The van der Waals surface area contributed by atoms with Crippen molar-refractivity contribution in [2.24, 2.45) is 0 Å². The van der Waals surface area contributed by atoms with Gasteiger partial charge in [0.15, 0.2) is 0 Å². The lowest BCUT2D eigenvalue weighted by atomic mass is 10.0. The smallest absolute Gasteiger partial charge is 0.308 e. The van der Waals surface area contributed by atoms with Gasteiger partial charge in [0, 0.05) is 17.8 Å². The maximum absolute atomic E-state index is 12.8. The van der Waals surface area contributed by atoms with Crippen LogP contribution in [0.4, 0.5) is 0 Å². The van der Waals surface area contributed by atoms with Crippen LogP contribution in [0.1, 0.15) is 62.2 Å². The van der Waals surface area contributed by atoms with Crippen LogP contribution in [0.2, 0.25) is 0 Å². The van der Waals surface area contributed by atoms with Crippen LogP contribution in [0.3, 0.4) is 0 Å². The number of fused-ring (bicyclic) bond motifs is 1. The topological polar surface area (TPSA) is 108 Å². The summed E-state index contributed by atoms with van der Waals surface area (Å²) in [5.74, 6) is 0.747. The normalized spacial score (nSPS) is 12.1. The van der Waals surface area contributed by atoms with Crippen LogP contribution in [0, 0.1) is 13.8 Å². The second-order valence-electron chi connectivity index (χ2n) is 8.10. The van der Waals surface area contributed by atoms with E-state index in [2.05, 4.69) is 20.4 Å². The summed E-state index contributed by atoms with van der Waals surface area (Å²) in [5, 5.41) is 7.18. The Balaban J connectivity index is 1.71. The lowest BCUT2D eigenvalue weighted by molar-refractivity contribution is -0.143. The van der Waals surface area contributed by atoms with Crippen molar-refractivity contribution in [3.8, 4) is 5.75 Å². The number of amides is 1. The minimum absolute atomic E-state index is 0.0501. The Morgan fingerprint density at radius 1 is 1.15 bits per heavy atom. The molecule has 1 atom stereocenters. The van der Waals surface area contributed by atoms with Crippen LogP contribution in [0.5, 0.6) is 5.75 Å². The highest BCUT2D eigenvalue weighted by Gasteiger charge is 2.20. The first-order valence-corrected chi connectivity index (χ1v) is 11.2. The molecule has 2 aromatic heterocycles. The Bertz CT molecular complexity index is 1110. The minimum Gasteiger partial charge on any atom is -0.491 e. The second-order valence-corrected chi connectivity index (χ2v) is 8.10. The number of hydrogen-bond donors (Lipinski definition) is 1. The molecule has 1 amide bonds. The van der Waals surface area contributed by atoms with Gasteiger partial charge in [-0.3, -0.25) is 9.59 Å². The molecule has 0 unspecified atom stereocenters. The summed E-state index contributed by atoms with van der Waals surface area (Å²) in [6.45, 7) is 9.80. The zero-order valence-electron chi connectivity index (χ0n) is 19.8. The molecule has 0 aliphatic carbocycles. The highest BCUT2D eigenvalue weighted by molar-refractivity contribution is 5.78. The van der Waals surface area contributed by atoms with Crippen LogP contribution < -0.4 is 10.1 Å².